The van der Waals surface area contributed by atoms with Crippen molar-refractivity contribution in [1.82, 2.24) is 15.0 Å². The summed E-state index contributed by atoms with van der Waals surface area (Å²) >= 11 is 2.26. The number of aromatic nitrogens is 3. The number of nitrogens with one attached hydrogen (secondary N) is 1. The molecule has 0 amide bonds. The molecule has 0 aromatic carbocycles. The van der Waals surface area contributed by atoms with Gasteiger partial charge in [-0.05, 0) is 0 Å². The predicted molar refractivity (Wildman–Crippen MR) is 45.3 cm³/mol. The topological polar surface area (TPSA) is 50.7 Å². The van der Waals surface area contributed by atoms with E-state index in [-0.39, 0.29) is 0 Å². The molecule has 5 heteroatoms. The average Bonchev–Trinajstić information content (AvgIpc) is 2.01. The average molecular weight is 215 g/mol. The second-order valence-corrected chi connectivity index (χ2v) is 2.62. The van der Waals surface area contributed by atoms with Gasteiger partial charge in [-0.15, -0.1) is 0 Å². The van der Waals surface area contributed by atoms with E-state index in [2.05, 4.69) is 42.9 Å². The van der Waals surface area contributed by atoms with E-state index in [0.29, 0.717) is 17.2 Å². The summed E-state index contributed by atoms with van der Waals surface area (Å²) in [6.07, 6.45) is 3.21. The fraction of sp³-hybridized carbons (Fsp3) is 0.167. The van der Waals surface area contributed by atoms with Crippen molar-refractivity contribution >= 4 is 26.7 Å². The molecule has 0 bridgehead atoms. The van der Waals surface area contributed by atoms with Crippen molar-refractivity contribution in [1.29, 1.82) is 0 Å². The van der Waals surface area contributed by atoms with Crippen LogP contribution in [0.3, 0.4) is 0 Å². The zero-order valence-corrected chi connectivity index (χ0v) is 7.73. The van der Waals surface area contributed by atoms with Crippen LogP contribution in [0, 0.1) is 0 Å². The molecule has 0 radical (unpaired) electrons. The van der Waals surface area contributed by atoms with E-state index in [1.54, 1.807) is 6.08 Å². The van der Waals surface area contributed by atoms with Crippen LogP contribution in [-0.2, 0) is 0 Å². The summed E-state index contributed by atoms with van der Waals surface area (Å²) in [6.45, 7) is 4.22. The van der Waals surface area contributed by atoms with Crippen molar-refractivity contribution in [2.45, 2.75) is 0 Å². The third kappa shape index (κ3) is 2.65. The van der Waals surface area contributed by atoms with Crippen LogP contribution in [0.2, 0.25) is 0 Å². The molecule has 0 aliphatic carbocycles. The monoisotopic (exact) mass is 216 g/mol. The number of nitrogens with zero attached hydrogens (tertiary/aromatic N) is 3. The van der Waals surface area contributed by atoms with Gasteiger partial charge in [0.15, 0.2) is 0 Å². The van der Waals surface area contributed by atoms with Crippen molar-refractivity contribution in [2.75, 3.05) is 11.9 Å². The van der Waals surface area contributed by atoms with Gasteiger partial charge in [-0.3, -0.25) is 0 Å². The standard InChI is InChI=1S/C6H8N4Se/c1-2-3-7-5-8-4-9-6(11)10-5/h2,4H,1,3H2,(H2,7,8,9,10,11). The molecule has 1 rings (SSSR count). The molecule has 1 aromatic heterocycles. The van der Waals surface area contributed by atoms with Crippen molar-refractivity contribution in [3.8, 4) is 0 Å². The molecule has 0 unspecified atom stereocenters. The number of rotatable bonds is 3. The van der Waals surface area contributed by atoms with Gasteiger partial charge in [-0.25, -0.2) is 0 Å². The molecule has 0 aliphatic heterocycles. The van der Waals surface area contributed by atoms with Gasteiger partial charge in [-0.2, -0.15) is 0 Å². The van der Waals surface area contributed by atoms with Crippen LogP contribution in [0.25, 0.3) is 0 Å². The van der Waals surface area contributed by atoms with Crippen LogP contribution >= 0.6 is 0 Å². The zero-order chi connectivity index (χ0) is 8.10. The molecule has 0 fully saturated rings. The van der Waals surface area contributed by atoms with Gasteiger partial charge in [0.05, 0.1) is 0 Å². The zero-order valence-electron chi connectivity index (χ0n) is 5.86. The Bertz CT molecular complexity index is 250. The molecule has 0 spiro atoms. The first-order chi connectivity index (χ1) is 5.33. The van der Waals surface area contributed by atoms with E-state index >= 15 is 0 Å². The van der Waals surface area contributed by atoms with Crippen molar-refractivity contribution < 1.29 is 0 Å². The molecule has 0 saturated carbocycles. The van der Waals surface area contributed by atoms with E-state index in [9.17, 15) is 0 Å². The van der Waals surface area contributed by atoms with Gasteiger partial charge >= 0.3 is 72.5 Å². The van der Waals surface area contributed by atoms with Crippen LogP contribution in [0.4, 0.5) is 5.95 Å². The van der Waals surface area contributed by atoms with Gasteiger partial charge in [0.2, 0.25) is 0 Å². The van der Waals surface area contributed by atoms with Crippen molar-refractivity contribution in [2.24, 2.45) is 0 Å². The third-order valence-corrected chi connectivity index (χ3v) is 1.42. The van der Waals surface area contributed by atoms with E-state index in [0.717, 1.165) is 0 Å². The first kappa shape index (κ1) is 8.17. The molecule has 0 saturated heterocycles. The molecule has 4 nitrogen and oxygen atoms in total. The second-order valence-electron chi connectivity index (χ2n) is 1.78. The molecule has 58 valence electrons. The van der Waals surface area contributed by atoms with Crippen LogP contribution in [-0.4, -0.2) is 37.5 Å². The summed E-state index contributed by atoms with van der Waals surface area (Å²) in [5.74, 6) is 0.579. The SMILES string of the molecule is C=CCNc1ncnc([SeH])n1. The van der Waals surface area contributed by atoms with Crippen LogP contribution in [0.15, 0.2) is 19.0 Å². The Balaban J connectivity index is 2.63. The summed E-state index contributed by atoms with van der Waals surface area (Å²) in [4.78, 5) is 11.7. The van der Waals surface area contributed by atoms with Gasteiger partial charge in [0.25, 0.3) is 0 Å². The molecule has 1 aromatic rings. The van der Waals surface area contributed by atoms with Gasteiger partial charge < -0.3 is 0 Å². The minimum atomic E-state index is 0.579. The van der Waals surface area contributed by atoms with Crippen LogP contribution in [0.1, 0.15) is 0 Å². The maximum absolute atomic E-state index is 4.00. The Hall–Kier alpha value is -0.931. The van der Waals surface area contributed by atoms with Crippen LogP contribution < -0.4 is 10.0 Å². The summed E-state index contributed by atoms with van der Waals surface area (Å²) in [7, 11) is 0. The Morgan fingerprint density at radius 1 is 1.64 bits per heavy atom. The van der Waals surface area contributed by atoms with Crippen LogP contribution in [0.5, 0.6) is 0 Å². The van der Waals surface area contributed by atoms with E-state index < -0.39 is 0 Å². The molecule has 0 aliphatic rings. The first-order valence-electron chi connectivity index (χ1n) is 3.05. The molecular weight excluding hydrogens is 207 g/mol. The van der Waals surface area contributed by atoms with E-state index in [4.69, 9.17) is 0 Å². The van der Waals surface area contributed by atoms with E-state index in [1.165, 1.54) is 6.33 Å². The van der Waals surface area contributed by atoms with Crippen molar-refractivity contribution in [3.63, 3.8) is 0 Å². The number of hydrogen-bond acceptors (Lipinski definition) is 4. The van der Waals surface area contributed by atoms with Gasteiger partial charge in [0.1, 0.15) is 0 Å². The van der Waals surface area contributed by atoms with Gasteiger partial charge in [-0.1, -0.05) is 0 Å². The fourth-order valence-corrected chi connectivity index (χ4v) is 0.843. The first-order valence-corrected chi connectivity index (χ1v) is 3.99. The maximum atomic E-state index is 4.00. The Labute approximate surface area is 73.0 Å². The molecule has 11 heavy (non-hydrogen) atoms. The van der Waals surface area contributed by atoms with Crippen molar-refractivity contribution in [3.05, 3.63) is 19.0 Å². The number of hydrogen-bond donors (Lipinski definition) is 1. The summed E-state index contributed by atoms with van der Waals surface area (Å²) < 4.78 is 0.652. The number of anilines is 1. The third-order valence-electron chi connectivity index (χ3n) is 0.964. The summed E-state index contributed by atoms with van der Waals surface area (Å²) in [5, 5.41) is 2.94. The second kappa shape index (κ2) is 4.05. The Morgan fingerprint density at radius 3 is 3.09 bits per heavy atom. The minimum absolute atomic E-state index is 0.579. The normalized spacial score (nSPS) is 9.18. The molecule has 1 N–H and O–H groups in total. The molecular formula is C6H8N4Se. The summed E-state index contributed by atoms with van der Waals surface area (Å²) in [6, 6.07) is 0. The molecule has 1 heterocycles. The molecule has 0 atom stereocenters. The fourth-order valence-electron chi connectivity index (χ4n) is 0.536. The van der Waals surface area contributed by atoms with Gasteiger partial charge in [0, 0.05) is 0 Å². The Morgan fingerprint density at radius 2 is 2.45 bits per heavy atom. The quantitative estimate of drug-likeness (QED) is 0.518. The van der Waals surface area contributed by atoms with E-state index in [1.807, 2.05) is 0 Å². The predicted octanol–water partition coefficient (Wildman–Crippen LogP) is -1.00. The Kier molecular flexibility index (Phi) is 3.01. The summed E-state index contributed by atoms with van der Waals surface area (Å²) in [5.41, 5.74) is 0.